The van der Waals surface area contributed by atoms with Gasteiger partial charge in [0, 0.05) is 27.5 Å². The van der Waals surface area contributed by atoms with Crippen LogP contribution in [-0.4, -0.2) is 16.1 Å². The van der Waals surface area contributed by atoms with Gasteiger partial charge in [-0.3, -0.25) is 9.89 Å². The molecule has 1 heterocycles. The monoisotopic (exact) mass is 322 g/mol. The predicted octanol–water partition coefficient (Wildman–Crippen LogP) is 2.88. The highest BCUT2D eigenvalue weighted by Gasteiger charge is 2.13. The Bertz CT molecular complexity index is 621. The molecule has 0 spiro atoms. The van der Waals surface area contributed by atoms with E-state index in [4.69, 9.17) is 5.73 Å². The van der Waals surface area contributed by atoms with Gasteiger partial charge < -0.3 is 11.1 Å². The molecule has 100 valence electrons. The van der Waals surface area contributed by atoms with E-state index in [1.165, 1.54) is 0 Å². The number of nitrogens with two attached hydrogens (primary N) is 1. The fourth-order valence-corrected chi connectivity index (χ4v) is 2.20. The number of benzene rings is 1. The van der Waals surface area contributed by atoms with Gasteiger partial charge >= 0.3 is 0 Å². The highest BCUT2D eigenvalue weighted by atomic mass is 79.9. The zero-order valence-electron chi connectivity index (χ0n) is 10.7. The minimum atomic E-state index is -0.223. The lowest BCUT2D eigenvalue weighted by molar-refractivity contribution is 0.102. The first-order valence-corrected chi connectivity index (χ1v) is 6.71. The van der Waals surface area contributed by atoms with Crippen molar-refractivity contribution in [3.05, 3.63) is 39.5 Å². The molecule has 1 aromatic heterocycles. The molecule has 0 fully saturated rings. The van der Waals surface area contributed by atoms with Crippen LogP contribution in [0.2, 0.25) is 0 Å². The first-order chi connectivity index (χ1) is 9.01. The normalized spacial score (nSPS) is 10.5. The summed E-state index contributed by atoms with van der Waals surface area (Å²) in [5.41, 5.74) is 8.69. The molecule has 0 saturated carbocycles. The van der Waals surface area contributed by atoms with Crippen molar-refractivity contribution >= 4 is 33.3 Å². The molecule has 0 aliphatic carbocycles. The van der Waals surface area contributed by atoms with E-state index in [1.807, 2.05) is 19.9 Å². The van der Waals surface area contributed by atoms with Crippen molar-refractivity contribution in [3.8, 4) is 0 Å². The number of nitrogens with zero attached hydrogens (tertiary/aromatic N) is 1. The number of H-pyrrole nitrogens is 1. The minimum absolute atomic E-state index is 0.223. The molecule has 1 aromatic carbocycles. The number of carbonyl (C=O) groups is 1. The molecule has 0 atom stereocenters. The summed E-state index contributed by atoms with van der Waals surface area (Å²) < 4.78 is 0.775. The van der Waals surface area contributed by atoms with E-state index in [0.29, 0.717) is 17.1 Å². The van der Waals surface area contributed by atoms with Gasteiger partial charge in [0.05, 0.1) is 0 Å². The molecular formula is C13H15BrN4O. The summed E-state index contributed by atoms with van der Waals surface area (Å²) in [5, 5.41) is 9.63. The second kappa shape index (κ2) is 5.44. The average molecular weight is 323 g/mol. The Kier molecular flexibility index (Phi) is 3.90. The molecule has 2 rings (SSSR count). The summed E-state index contributed by atoms with van der Waals surface area (Å²) >= 11 is 3.33. The van der Waals surface area contributed by atoms with Crippen LogP contribution in [0.4, 0.5) is 11.5 Å². The predicted molar refractivity (Wildman–Crippen MR) is 79.2 cm³/mol. The van der Waals surface area contributed by atoms with Crippen molar-refractivity contribution in [2.75, 3.05) is 11.1 Å². The smallest absolute Gasteiger partial charge is 0.257 e. The van der Waals surface area contributed by atoms with Gasteiger partial charge in [0.25, 0.3) is 5.91 Å². The van der Waals surface area contributed by atoms with Crippen LogP contribution in [0.1, 0.15) is 28.5 Å². The summed E-state index contributed by atoms with van der Waals surface area (Å²) in [6.07, 6.45) is 0.839. The lowest BCUT2D eigenvalue weighted by atomic mass is 10.1. The highest BCUT2D eigenvalue weighted by molar-refractivity contribution is 9.10. The summed E-state index contributed by atoms with van der Waals surface area (Å²) in [4.78, 5) is 12.2. The van der Waals surface area contributed by atoms with Crippen LogP contribution < -0.4 is 11.1 Å². The zero-order chi connectivity index (χ0) is 14.0. The van der Waals surface area contributed by atoms with Crippen LogP contribution in [0.5, 0.6) is 0 Å². The molecule has 19 heavy (non-hydrogen) atoms. The summed E-state index contributed by atoms with van der Waals surface area (Å²) in [6, 6.07) is 5.33. The first kappa shape index (κ1) is 13.6. The van der Waals surface area contributed by atoms with Crippen molar-refractivity contribution in [3.63, 3.8) is 0 Å². The van der Waals surface area contributed by atoms with E-state index in [9.17, 15) is 4.79 Å². The second-order valence-corrected chi connectivity index (χ2v) is 5.17. The van der Waals surface area contributed by atoms with Crippen molar-refractivity contribution in [2.24, 2.45) is 0 Å². The quantitative estimate of drug-likeness (QED) is 0.760. The number of rotatable bonds is 3. The molecule has 4 N–H and O–H groups in total. The first-order valence-electron chi connectivity index (χ1n) is 5.92. The maximum Gasteiger partial charge on any atom is 0.257 e. The Morgan fingerprint density at radius 3 is 2.84 bits per heavy atom. The largest absolute Gasteiger partial charge is 0.398 e. The van der Waals surface area contributed by atoms with Crippen LogP contribution in [0, 0.1) is 6.92 Å². The number of aromatic amines is 1. The van der Waals surface area contributed by atoms with Crippen molar-refractivity contribution in [1.82, 2.24) is 10.2 Å². The zero-order valence-corrected chi connectivity index (χ0v) is 12.3. The third-order valence-corrected chi connectivity index (χ3v) is 3.37. The number of anilines is 2. The van der Waals surface area contributed by atoms with Gasteiger partial charge in [-0.15, -0.1) is 0 Å². The van der Waals surface area contributed by atoms with Gasteiger partial charge in [0.15, 0.2) is 5.82 Å². The standard InChI is InChI=1S/C13H15BrN4O/c1-3-9-6-12(18-17-9)16-13(19)10-4-8(14)5-11(15)7(10)2/h4-6H,3,15H2,1-2H3,(H2,16,17,18,19). The van der Waals surface area contributed by atoms with Crippen molar-refractivity contribution in [2.45, 2.75) is 20.3 Å². The maximum absolute atomic E-state index is 12.2. The fraction of sp³-hybridized carbons (Fsp3) is 0.231. The second-order valence-electron chi connectivity index (χ2n) is 4.25. The van der Waals surface area contributed by atoms with Crippen LogP contribution in [0.25, 0.3) is 0 Å². The Balaban J connectivity index is 2.25. The topological polar surface area (TPSA) is 83.8 Å². The van der Waals surface area contributed by atoms with Crippen molar-refractivity contribution < 1.29 is 4.79 Å². The lowest BCUT2D eigenvalue weighted by Gasteiger charge is -2.08. The number of carbonyl (C=O) groups excluding carboxylic acids is 1. The van der Waals surface area contributed by atoms with Gasteiger partial charge in [-0.1, -0.05) is 22.9 Å². The number of nitrogen functional groups attached to an aromatic ring is 1. The van der Waals surface area contributed by atoms with Gasteiger partial charge in [-0.05, 0) is 31.0 Å². The number of nitrogens with one attached hydrogen (secondary N) is 2. The summed E-state index contributed by atoms with van der Waals surface area (Å²) in [7, 11) is 0. The van der Waals surface area contributed by atoms with E-state index < -0.39 is 0 Å². The Morgan fingerprint density at radius 2 is 2.21 bits per heavy atom. The Labute approximate surface area is 119 Å². The molecule has 0 saturated heterocycles. The molecule has 2 aromatic rings. The maximum atomic E-state index is 12.2. The fourth-order valence-electron chi connectivity index (χ4n) is 1.73. The van der Waals surface area contributed by atoms with E-state index in [2.05, 4.69) is 31.4 Å². The van der Waals surface area contributed by atoms with Gasteiger partial charge in [0.2, 0.25) is 0 Å². The molecule has 0 bridgehead atoms. The number of aryl methyl sites for hydroxylation is 1. The van der Waals surface area contributed by atoms with E-state index in [-0.39, 0.29) is 5.91 Å². The number of halogens is 1. The summed E-state index contributed by atoms with van der Waals surface area (Å²) in [5.74, 6) is 0.291. The molecule has 0 unspecified atom stereocenters. The molecule has 1 amide bonds. The average Bonchev–Trinajstić information content (AvgIpc) is 2.81. The van der Waals surface area contributed by atoms with Gasteiger partial charge in [-0.2, -0.15) is 5.10 Å². The molecular weight excluding hydrogens is 308 g/mol. The molecule has 5 nitrogen and oxygen atoms in total. The van der Waals surface area contributed by atoms with E-state index in [1.54, 1.807) is 12.1 Å². The molecule has 0 radical (unpaired) electrons. The summed E-state index contributed by atoms with van der Waals surface area (Å²) in [6.45, 7) is 3.83. The van der Waals surface area contributed by atoms with Gasteiger partial charge in [-0.25, -0.2) is 0 Å². The molecule has 6 heteroatoms. The van der Waals surface area contributed by atoms with Crippen LogP contribution in [0.15, 0.2) is 22.7 Å². The number of amides is 1. The minimum Gasteiger partial charge on any atom is -0.398 e. The highest BCUT2D eigenvalue weighted by Crippen LogP contribution is 2.23. The SMILES string of the molecule is CCc1cc(NC(=O)c2cc(Br)cc(N)c2C)n[nH]1. The van der Waals surface area contributed by atoms with Crippen LogP contribution in [-0.2, 0) is 6.42 Å². The molecule has 0 aliphatic heterocycles. The van der Waals surface area contributed by atoms with E-state index in [0.717, 1.165) is 22.2 Å². The van der Waals surface area contributed by atoms with Crippen molar-refractivity contribution in [1.29, 1.82) is 0 Å². The van der Waals surface area contributed by atoms with Crippen LogP contribution in [0.3, 0.4) is 0 Å². The third-order valence-electron chi connectivity index (χ3n) is 2.91. The lowest BCUT2D eigenvalue weighted by Crippen LogP contribution is -2.14. The molecule has 0 aliphatic rings. The third kappa shape index (κ3) is 2.96. The Hall–Kier alpha value is -1.82. The number of aromatic nitrogens is 2. The van der Waals surface area contributed by atoms with Gasteiger partial charge in [0.1, 0.15) is 0 Å². The number of hydrogen-bond donors (Lipinski definition) is 3. The number of hydrogen-bond acceptors (Lipinski definition) is 3. The Morgan fingerprint density at radius 1 is 1.47 bits per heavy atom. The van der Waals surface area contributed by atoms with Crippen LogP contribution >= 0.6 is 15.9 Å². The van der Waals surface area contributed by atoms with E-state index >= 15 is 0 Å².